The molecule has 10 nitrogen and oxygen atoms in total. The summed E-state index contributed by atoms with van der Waals surface area (Å²) in [5, 5.41) is 2.80. The van der Waals surface area contributed by atoms with Crippen LogP contribution in [0.2, 0.25) is 5.02 Å². The SMILES string of the molecule is COc1ccc(N([C@H](C)C(=O)Nc2ccc(S(=O)(=O)Nc3cc(C)ccc3OC)cc2)S(C)(=O)=O)cc1Cl. The molecule has 0 aliphatic rings. The zero-order valence-corrected chi connectivity index (χ0v) is 23.7. The van der Waals surface area contributed by atoms with Gasteiger partial charge in [-0.05, 0) is 74.0 Å². The molecule has 1 atom stereocenters. The number of ether oxygens (including phenoxy) is 2. The van der Waals surface area contributed by atoms with Crippen LogP contribution in [0, 0.1) is 6.92 Å². The van der Waals surface area contributed by atoms with Crippen molar-refractivity contribution in [1.29, 1.82) is 0 Å². The van der Waals surface area contributed by atoms with Crippen molar-refractivity contribution in [3.05, 3.63) is 71.2 Å². The van der Waals surface area contributed by atoms with Crippen LogP contribution in [0.15, 0.2) is 65.6 Å². The van der Waals surface area contributed by atoms with Crippen molar-refractivity contribution in [3.63, 3.8) is 0 Å². The van der Waals surface area contributed by atoms with Crippen molar-refractivity contribution >= 4 is 54.6 Å². The molecule has 0 spiro atoms. The van der Waals surface area contributed by atoms with Crippen LogP contribution in [0.1, 0.15) is 12.5 Å². The van der Waals surface area contributed by atoms with Crippen molar-refractivity contribution in [2.24, 2.45) is 0 Å². The first kappa shape index (κ1) is 29.1. The molecular formula is C25H28ClN3O7S2. The van der Waals surface area contributed by atoms with Crippen LogP contribution in [-0.4, -0.2) is 49.3 Å². The van der Waals surface area contributed by atoms with E-state index in [1.165, 1.54) is 63.6 Å². The molecule has 3 rings (SSSR count). The molecule has 0 heterocycles. The summed E-state index contributed by atoms with van der Waals surface area (Å²) >= 11 is 6.16. The molecule has 2 N–H and O–H groups in total. The zero-order valence-electron chi connectivity index (χ0n) is 21.4. The lowest BCUT2D eigenvalue weighted by molar-refractivity contribution is -0.116. The minimum absolute atomic E-state index is 0.0438. The minimum Gasteiger partial charge on any atom is -0.495 e. The van der Waals surface area contributed by atoms with E-state index >= 15 is 0 Å². The van der Waals surface area contributed by atoms with Gasteiger partial charge in [-0.2, -0.15) is 0 Å². The van der Waals surface area contributed by atoms with Crippen LogP contribution in [0.25, 0.3) is 0 Å². The molecule has 1 amide bonds. The molecule has 0 fully saturated rings. The fraction of sp³-hybridized carbons (Fsp3) is 0.240. The van der Waals surface area contributed by atoms with E-state index in [1.807, 2.05) is 6.92 Å². The maximum Gasteiger partial charge on any atom is 0.262 e. The maximum absolute atomic E-state index is 13.0. The van der Waals surface area contributed by atoms with Crippen LogP contribution in [0.5, 0.6) is 11.5 Å². The molecule has 0 radical (unpaired) electrons. The Kier molecular flexibility index (Phi) is 8.80. The molecule has 3 aromatic rings. The standard InChI is InChI=1S/C25H28ClN3O7S2/c1-16-6-12-24(36-4)22(14-16)28-38(33,34)20-10-7-18(8-11-20)27-25(30)17(2)29(37(5,31)32)19-9-13-23(35-3)21(26)15-19/h6-15,17,28H,1-5H3,(H,27,30)/t17-/m1/s1. The minimum atomic E-state index is -3.96. The van der Waals surface area contributed by atoms with Crippen LogP contribution in [0.4, 0.5) is 17.1 Å². The van der Waals surface area contributed by atoms with Gasteiger partial charge in [0.05, 0.1) is 41.8 Å². The predicted octanol–water partition coefficient (Wildman–Crippen LogP) is 4.26. The lowest BCUT2D eigenvalue weighted by Gasteiger charge is -2.28. The number of nitrogens with zero attached hydrogens (tertiary/aromatic N) is 1. The van der Waals surface area contributed by atoms with Gasteiger partial charge in [-0.25, -0.2) is 16.8 Å². The molecule has 0 bridgehead atoms. The Labute approximate surface area is 227 Å². The van der Waals surface area contributed by atoms with Gasteiger partial charge in [0.2, 0.25) is 15.9 Å². The number of carbonyl (C=O) groups excluding carboxylic acids is 1. The van der Waals surface area contributed by atoms with Gasteiger partial charge in [0, 0.05) is 5.69 Å². The van der Waals surface area contributed by atoms with Crippen molar-refractivity contribution in [1.82, 2.24) is 0 Å². The van der Waals surface area contributed by atoms with Crippen molar-refractivity contribution in [3.8, 4) is 11.5 Å². The molecule has 0 aliphatic carbocycles. The molecule has 0 aromatic heterocycles. The van der Waals surface area contributed by atoms with E-state index in [0.717, 1.165) is 16.1 Å². The highest BCUT2D eigenvalue weighted by Gasteiger charge is 2.30. The number of hydrogen-bond donors (Lipinski definition) is 2. The number of hydrogen-bond acceptors (Lipinski definition) is 7. The van der Waals surface area contributed by atoms with Crippen LogP contribution in [-0.2, 0) is 24.8 Å². The Morgan fingerprint density at radius 2 is 1.53 bits per heavy atom. The summed E-state index contributed by atoms with van der Waals surface area (Å²) in [5.41, 5.74) is 1.59. The number of sulfonamides is 2. The van der Waals surface area contributed by atoms with Gasteiger partial charge in [-0.1, -0.05) is 17.7 Å². The molecule has 0 unspecified atom stereocenters. The Bertz CT molecular complexity index is 1540. The summed E-state index contributed by atoms with van der Waals surface area (Å²) in [6, 6.07) is 13.8. The van der Waals surface area contributed by atoms with Crippen LogP contribution >= 0.6 is 11.6 Å². The van der Waals surface area contributed by atoms with E-state index in [0.29, 0.717) is 17.2 Å². The normalized spacial score (nSPS) is 12.4. The van der Waals surface area contributed by atoms with E-state index in [-0.39, 0.29) is 21.3 Å². The summed E-state index contributed by atoms with van der Waals surface area (Å²) in [6.45, 7) is 3.25. The van der Waals surface area contributed by atoms with Gasteiger partial charge >= 0.3 is 0 Å². The van der Waals surface area contributed by atoms with E-state index in [9.17, 15) is 21.6 Å². The average molecular weight is 582 g/mol. The Hall–Kier alpha value is -3.48. The molecular weight excluding hydrogens is 554 g/mol. The second kappa shape index (κ2) is 11.5. The number of aryl methyl sites for hydroxylation is 1. The Morgan fingerprint density at radius 1 is 0.921 bits per heavy atom. The van der Waals surface area contributed by atoms with Crippen molar-refractivity contribution in [2.75, 3.05) is 34.8 Å². The summed E-state index contributed by atoms with van der Waals surface area (Å²) in [6.07, 6.45) is 0.977. The zero-order chi connectivity index (χ0) is 28.3. The summed E-state index contributed by atoms with van der Waals surface area (Å²) in [7, 11) is -4.97. The fourth-order valence-electron chi connectivity index (χ4n) is 3.67. The Morgan fingerprint density at radius 3 is 2.08 bits per heavy atom. The van der Waals surface area contributed by atoms with E-state index in [1.54, 1.807) is 18.2 Å². The number of rotatable bonds is 10. The number of benzene rings is 3. The van der Waals surface area contributed by atoms with Gasteiger partial charge in [-0.15, -0.1) is 0 Å². The van der Waals surface area contributed by atoms with E-state index in [4.69, 9.17) is 21.1 Å². The van der Waals surface area contributed by atoms with Gasteiger partial charge < -0.3 is 14.8 Å². The van der Waals surface area contributed by atoms with Crippen LogP contribution in [0.3, 0.4) is 0 Å². The third-order valence-corrected chi connectivity index (χ3v) is 8.43. The van der Waals surface area contributed by atoms with E-state index < -0.39 is 32.0 Å². The van der Waals surface area contributed by atoms with Crippen molar-refractivity contribution < 1.29 is 31.1 Å². The number of anilines is 3. The number of nitrogens with one attached hydrogen (secondary N) is 2. The van der Waals surface area contributed by atoms with Crippen LogP contribution < -0.4 is 23.8 Å². The fourth-order valence-corrected chi connectivity index (χ4v) is 6.15. The molecule has 204 valence electrons. The monoisotopic (exact) mass is 581 g/mol. The molecule has 0 saturated heterocycles. The highest BCUT2D eigenvalue weighted by molar-refractivity contribution is 7.92. The predicted molar refractivity (Wildman–Crippen MR) is 148 cm³/mol. The van der Waals surface area contributed by atoms with Gasteiger partial charge in [0.15, 0.2) is 0 Å². The first-order valence-corrected chi connectivity index (χ1v) is 14.9. The first-order valence-electron chi connectivity index (χ1n) is 11.2. The van der Waals surface area contributed by atoms with Gasteiger partial charge in [0.25, 0.3) is 10.0 Å². The lowest BCUT2D eigenvalue weighted by atomic mass is 10.2. The second-order valence-electron chi connectivity index (χ2n) is 8.38. The molecule has 0 aliphatic heterocycles. The maximum atomic E-state index is 13.0. The molecule has 0 saturated carbocycles. The number of amides is 1. The smallest absolute Gasteiger partial charge is 0.262 e. The highest BCUT2D eigenvalue weighted by Crippen LogP contribution is 2.32. The first-order chi connectivity index (χ1) is 17.8. The topological polar surface area (TPSA) is 131 Å². The number of carbonyl (C=O) groups is 1. The molecule has 13 heteroatoms. The summed E-state index contributed by atoms with van der Waals surface area (Å²) < 4.78 is 64.7. The van der Waals surface area contributed by atoms with Crippen molar-refractivity contribution in [2.45, 2.75) is 24.8 Å². The largest absolute Gasteiger partial charge is 0.495 e. The quantitative estimate of drug-likeness (QED) is 0.366. The third kappa shape index (κ3) is 6.69. The Balaban J connectivity index is 1.80. The summed E-state index contributed by atoms with van der Waals surface area (Å²) in [4.78, 5) is 12.9. The van der Waals surface area contributed by atoms with E-state index in [2.05, 4.69) is 10.0 Å². The molecule has 38 heavy (non-hydrogen) atoms. The molecule has 3 aromatic carbocycles. The second-order valence-corrected chi connectivity index (χ2v) is 12.3. The summed E-state index contributed by atoms with van der Waals surface area (Å²) in [5.74, 6) is 0.0811. The highest BCUT2D eigenvalue weighted by atomic mass is 35.5. The number of halogens is 1. The van der Waals surface area contributed by atoms with Gasteiger partial charge in [-0.3, -0.25) is 13.8 Å². The average Bonchev–Trinajstić information content (AvgIpc) is 2.83. The number of methoxy groups -OCH3 is 2. The van der Waals surface area contributed by atoms with Gasteiger partial charge in [0.1, 0.15) is 17.5 Å². The lowest BCUT2D eigenvalue weighted by Crippen LogP contribution is -2.45. The third-order valence-electron chi connectivity index (χ3n) is 5.51.